The van der Waals surface area contributed by atoms with Crippen LogP contribution in [0.4, 0.5) is 11.4 Å². The normalized spacial score (nSPS) is 10.5. The van der Waals surface area contributed by atoms with Crippen molar-refractivity contribution in [1.29, 1.82) is 0 Å². The number of benzene rings is 2. The van der Waals surface area contributed by atoms with E-state index in [1.807, 2.05) is 6.26 Å². The second-order valence-corrected chi connectivity index (χ2v) is 6.84. The first kappa shape index (κ1) is 19.4. The van der Waals surface area contributed by atoms with Gasteiger partial charge in [-0.3, -0.25) is 19.7 Å². The largest absolute Gasteiger partial charge is 0.322 e. The van der Waals surface area contributed by atoms with Crippen LogP contribution >= 0.6 is 11.8 Å². The molecule has 0 aliphatic rings. The molecule has 0 fully saturated rings. The first-order valence-electron chi connectivity index (χ1n) is 8.36. The Morgan fingerprint density at radius 2 is 1.89 bits per heavy atom. The van der Waals surface area contributed by atoms with Crippen molar-refractivity contribution in [3.8, 4) is 0 Å². The third-order valence-corrected chi connectivity index (χ3v) is 4.83. The Bertz CT molecular complexity index is 1080. The lowest BCUT2D eigenvalue weighted by Crippen LogP contribution is -2.18. The number of thioether (sulfide) groups is 1. The van der Waals surface area contributed by atoms with Gasteiger partial charge >= 0.3 is 0 Å². The number of nitro groups is 1. The van der Waals surface area contributed by atoms with Gasteiger partial charge in [-0.25, -0.2) is 0 Å². The fourth-order valence-corrected chi connectivity index (χ4v) is 3.10. The molecular formula is C20H17N3O4S. The third kappa shape index (κ3) is 4.47. The highest BCUT2D eigenvalue weighted by molar-refractivity contribution is 7.98. The molecule has 28 heavy (non-hydrogen) atoms. The van der Waals surface area contributed by atoms with Crippen LogP contribution in [0.25, 0.3) is 0 Å². The van der Waals surface area contributed by atoms with E-state index in [1.165, 1.54) is 30.0 Å². The highest BCUT2D eigenvalue weighted by Crippen LogP contribution is 2.25. The molecule has 8 heteroatoms. The van der Waals surface area contributed by atoms with Crippen LogP contribution in [0.5, 0.6) is 0 Å². The first-order valence-corrected chi connectivity index (χ1v) is 9.58. The van der Waals surface area contributed by atoms with Crippen molar-refractivity contribution in [1.82, 2.24) is 4.57 Å². The maximum atomic E-state index is 12.6. The van der Waals surface area contributed by atoms with E-state index < -0.39 is 10.8 Å². The van der Waals surface area contributed by atoms with E-state index in [9.17, 15) is 19.7 Å². The van der Waals surface area contributed by atoms with Crippen molar-refractivity contribution in [2.75, 3.05) is 11.6 Å². The molecule has 0 bridgehead atoms. The summed E-state index contributed by atoms with van der Waals surface area (Å²) in [4.78, 5) is 35.7. The number of carbonyl (C=O) groups is 1. The van der Waals surface area contributed by atoms with Crippen LogP contribution in [0, 0.1) is 10.1 Å². The Balaban J connectivity index is 1.77. The number of nitrogens with zero attached hydrogens (tertiary/aromatic N) is 2. The van der Waals surface area contributed by atoms with E-state index >= 15 is 0 Å². The quantitative estimate of drug-likeness (QED) is 0.389. The van der Waals surface area contributed by atoms with Gasteiger partial charge in [-0.15, -0.1) is 11.8 Å². The number of hydrogen-bond donors (Lipinski definition) is 1. The molecule has 0 unspecified atom stereocenters. The maximum absolute atomic E-state index is 12.6. The first-order chi connectivity index (χ1) is 13.5. The highest BCUT2D eigenvalue weighted by atomic mass is 32.2. The smallest absolute Gasteiger partial charge is 0.282 e. The Morgan fingerprint density at radius 3 is 2.54 bits per heavy atom. The summed E-state index contributed by atoms with van der Waals surface area (Å²) < 4.78 is 1.57. The van der Waals surface area contributed by atoms with Crippen LogP contribution < -0.4 is 10.9 Å². The molecule has 0 saturated carbocycles. The third-order valence-electron chi connectivity index (χ3n) is 4.11. The summed E-state index contributed by atoms with van der Waals surface area (Å²) in [6.45, 7) is 0.412. The number of nitro benzene ring substituents is 1. The molecule has 1 aromatic heterocycles. The number of anilines is 1. The Hall–Kier alpha value is -3.39. The van der Waals surface area contributed by atoms with Gasteiger partial charge in [-0.05, 0) is 42.2 Å². The fraction of sp³-hybridized carbons (Fsp3) is 0.100. The minimum atomic E-state index is -0.570. The van der Waals surface area contributed by atoms with E-state index in [1.54, 1.807) is 53.2 Å². The number of carbonyl (C=O) groups excluding carboxylic acids is 1. The zero-order valence-electron chi connectivity index (χ0n) is 15.0. The zero-order chi connectivity index (χ0) is 20.1. The average Bonchev–Trinajstić information content (AvgIpc) is 2.70. The molecular weight excluding hydrogens is 378 g/mol. The van der Waals surface area contributed by atoms with Crippen LogP contribution in [0.2, 0.25) is 0 Å². The molecule has 0 atom stereocenters. The summed E-state index contributed by atoms with van der Waals surface area (Å²) in [7, 11) is 0. The van der Waals surface area contributed by atoms with Crippen molar-refractivity contribution in [3.05, 3.63) is 98.5 Å². The van der Waals surface area contributed by atoms with E-state index in [4.69, 9.17) is 0 Å². The standard InChI is InChI=1S/C20H17N3O4S/c1-28-16-9-10-18(23(26)27)17(12-16)20(25)21-15-7-5-14(6-8-15)13-22-11-3-2-4-19(22)24/h2-12H,13H2,1H3,(H,21,25). The summed E-state index contributed by atoms with van der Waals surface area (Å²) in [5.41, 5.74) is 1.08. The van der Waals surface area contributed by atoms with E-state index in [2.05, 4.69) is 5.32 Å². The summed E-state index contributed by atoms with van der Waals surface area (Å²) in [6.07, 6.45) is 3.54. The van der Waals surface area contributed by atoms with Crippen molar-refractivity contribution in [3.63, 3.8) is 0 Å². The molecule has 0 radical (unpaired) electrons. The Labute approximate surface area is 165 Å². The summed E-state index contributed by atoms with van der Waals surface area (Å²) in [6, 6.07) is 16.4. The molecule has 0 aliphatic heterocycles. The summed E-state index contributed by atoms with van der Waals surface area (Å²) in [5.74, 6) is -0.547. The molecule has 1 heterocycles. The van der Waals surface area contributed by atoms with Crippen LogP contribution in [0.1, 0.15) is 15.9 Å². The lowest BCUT2D eigenvalue weighted by molar-refractivity contribution is -0.385. The van der Waals surface area contributed by atoms with Gasteiger partial charge in [0.25, 0.3) is 17.2 Å². The lowest BCUT2D eigenvalue weighted by Gasteiger charge is -2.09. The van der Waals surface area contributed by atoms with E-state index in [0.29, 0.717) is 12.2 Å². The van der Waals surface area contributed by atoms with Crippen molar-refractivity contribution in [2.24, 2.45) is 0 Å². The number of rotatable bonds is 6. The molecule has 0 saturated heterocycles. The van der Waals surface area contributed by atoms with Gasteiger partial charge in [0.2, 0.25) is 0 Å². The number of aromatic nitrogens is 1. The van der Waals surface area contributed by atoms with Gasteiger partial charge in [0.15, 0.2) is 0 Å². The molecule has 1 N–H and O–H groups in total. The molecule has 3 aromatic rings. The SMILES string of the molecule is CSc1ccc([N+](=O)[O-])c(C(=O)Nc2ccc(Cn3ccccc3=O)cc2)c1. The number of nitrogens with one attached hydrogen (secondary N) is 1. The van der Waals surface area contributed by atoms with Crippen molar-refractivity contribution in [2.45, 2.75) is 11.4 Å². The Morgan fingerprint density at radius 1 is 1.14 bits per heavy atom. The Kier molecular flexibility index (Phi) is 5.90. The van der Waals surface area contributed by atoms with Crippen LogP contribution in [-0.4, -0.2) is 21.7 Å². The number of hydrogen-bond acceptors (Lipinski definition) is 5. The molecule has 3 rings (SSSR count). The molecule has 1 amide bonds. The van der Waals surface area contributed by atoms with E-state index in [0.717, 1.165) is 10.5 Å². The number of pyridine rings is 1. The van der Waals surface area contributed by atoms with Crippen molar-refractivity contribution >= 4 is 29.0 Å². The zero-order valence-corrected chi connectivity index (χ0v) is 15.8. The molecule has 0 spiro atoms. The van der Waals surface area contributed by atoms with Crippen LogP contribution in [0.15, 0.2) is 76.6 Å². The van der Waals surface area contributed by atoms with Gasteiger partial charge in [0.05, 0.1) is 11.5 Å². The molecule has 142 valence electrons. The van der Waals surface area contributed by atoms with Gasteiger partial charge in [-0.1, -0.05) is 18.2 Å². The number of amides is 1. The second kappa shape index (κ2) is 8.53. The topological polar surface area (TPSA) is 94.2 Å². The monoisotopic (exact) mass is 395 g/mol. The van der Waals surface area contributed by atoms with Crippen LogP contribution in [0.3, 0.4) is 0 Å². The predicted octanol–water partition coefficient (Wildman–Crippen LogP) is 3.78. The van der Waals surface area contributed by atoms with E-state index in [-0.39, 0.29) is 16.8 Å². The highest BCUT2D eigenvalue weighted by Gasteiger charge is 2.20. The summed E-state index contributed by atoms with van der Waals surface area (Å²) in [5, 5.41) is 13.9. The lowest BCUT2D eigenvalue weighted by atomic mass is 10.1. The van der Waals surface area contributed by atoms with Gasteiger partial charge < -0.3 is 9.88 Å². The van der Waals surface area contributed by atoms with Crippen molar-refractivity contribution < 1.29 is 9.72 Å². The minimum absolute atomic E-state index is 0.0109. The molecule has 0 aliphatic carbocycles. The second-order valence-electron chi connectivity index (χ2n) is 5.96. The minimum Gasteiger partial charge on any atom is -0.322 e. The average molecular weight is 395 g/mol. The summed E-state index contributed by atoms with van der Waals surface area (Å²) >= 11 is 1.40. The van der Waals surface area contributed by atoms with Crippen LogP contribution in [-0.2, 0) is 6.54 Å². The van der Waals surface area contributed by atoms with Gasteiger partial charge in [0, 0.05) is 28.9 Å². The molecule has 2 aromatic carbocycles. The van der Waals surface area contributed by atoms with Gasteiger partial charge in [0.1, 0.15) is 5.56 Å². The predicted molar refractivity (Wildman–Crippen MR) is 109 cm³/mol. The van der Waals surface area contributed by atoms with Gasteiger partial charge in [-0.2, -0.15) is 0 Å². The fourth-order valence-electron chi connectivity index (χ4n) is 2.66. The molecule has 7 nitrogen and oxygen atoms in total. The maximum Gasteiger partial charge on any atom is 0.282 e.